The van der Waals surface area contributed by atoms with Gasteiger partial charge in [0, 0.05) is 5.57 Å². The van der Waals surface area contributed by atoms with Gasteiger partial charge in [0.25, 0.3) is 0 Å². The second-order valence-corrected chi connectivity index (χ2v) is 8.27. The molecule has 162 valence electrons. The second-order valence-electron chi connectivity index (χ2n) is 7.33. The van der Waals surface area contributed by atoms with E-state index in [1.165, 1.54) is 11.3 Å². The number of carbonyl (C=O) groups excluding carboxylic acids is 2. The Morgan fingerprint density at radius 1 is 0.938 bits per heavy atom. The second kappa shape index (κ2) is 11.8. The van der Waals surface area contributed by atoms with Crippen molar-refractivity contribution in [3.63, 3.8) is 0 Å². The van der Waals surface area contributed by atoms with Crippen LogP contribution in [0.5, 0.6) is 0 Å². The van der Waals surface area contributed by atoms with E-state index in [0.29, 0.717) is 16.9 Å². The van der Waals surface area contributed by atoms with Crippen molar-refractivity contribution in [3.8, 4) is 6.07 Å². The van der Waals surface area contributed by atoms with Crippen molar-refractivity contribution >= 4 is 28.7 Å². The molecule has 4 nitrogen and oxygen atoms in total. The molecule has 0 bridgehead atoms. The van der Waals surface area contributed by atoms with Crippen molar-refractivity contribution in [1.29, 1.82) is 5.26 Å². The number of hydrogen-bond acceptors (Lipinski definition) is 5. The van der Waals surface area contributed by atoms with Gasteiger partial charge in [0.15, 0.2) is 6.10 Å². The van der Waals surface area contributed by atoms with Crippen LogP contribution in [0, 0.1) is 11.3 Å². The molecule has 3 rings (SSSR count). The molecule has 0 amide bonds. The molecular formula is C27H25NO3S. The zero-order chi connectivity index (χ0) is 22.8. The monoisotopic (exact) mass is 443 g/mol. The van der Waals surface area contributed by atoms with E-state index in [2.05, 4.69) is 6.92 Å². The molecule has 1 unspecified atom stereocenters. The maximum Gasteiger partial charge on any atom is 0.350 e. The van der Waals surface area contributed by atoms with Crippen molar-refractivity contribution in [1.82, 2.24) is 0 Å². The molecule has 0 aliphatic rings. The standard InChI is InChI=1S/C27H25NO3S/c1-2-3-6-16-23(26(29)24-17-11-18-32-24)31-27(30)22(19-28)25(20-12-7-4-8-13-20)21-14-9-5-10-15-21/h4-5,7-15,17-18,23H,2-3,6,16H2,1H3. The lowest BCUT2D eigenvalue weighted by Crippen LogP contribution is -2.28. The SMILES string of the molecule is CCCCCC(OC(=O)C(C#N)=C(c1ccccc1)c1ccccc1)C(=O)c1cccs1. The normalized spacial score (nSPS) is 11.2. The molecular weight excluding hydrogens is 418 g/mol. The summed E-state index contributed by atoms with van der Waals surface area (Å²) in [6, 6.07) is 24.1. The number of ketones is 1. The molecule has 2 aromatic carbocycles. The predicted molar refractivity (Wildman–Crippen MR) is 127 cm³/mol. The first-order chi connectivity index (χ1) is 15.7. The molecule has 0 aliphatic carbocycles. The van der Waals surface area contributed by atoms with Gasteiger partial charge in [0.2, 0.25) is 5.78 Å². The van der Waals surface area contributed by atoms with Gasteiger partial charge in [-0.2, -0.15) is 5.26 Å². The first-order valence-corrected chi connectivity index (χ1v) is 11.6. The van der Waals surface area contributed by atoms with E-state index in [-0.39, 0.29) is 11.4 Å². The highest BCUT2D eigenvalue weighted by atomic mass is 32.1. The maximum atomic E-state index is 13.2. The van der Waals surface area contributed by atoms with E-state index in [1.807, 2.05) is 72.1 Å². The van der Waals surface area contributed by atoms with Crippen LogP contribution in [0.4, 0.5) is 0 Å². The number of carbonyl (C=O) groups is 2. The molecule has 0 saturated heterocycles. The minimum atomic E-state index is -0.913. The van der Waals surface area contributed by atoms with Crippen molar-refractivity contribution < 1.29 is 14.3 Å². The van der Waals surface area contributed by atoms with Crippen molar-refractivity contribution in [3.05, 3.63) is 99.8 Å². The van der Waals surface area contributed by atoms with Crippen molar-refractivity contribution in [2.75, 3.05) is 0 Å². The lowest BCUT2D eigenvalue weighted by atomic mass is 9.93. The number of nitriles is 1. The van der Waals surface area contributed by atoms with Gasteiger partial charge >= 0.3 is 5.97 Å². The summed E-state index contributed by atoms with van der Waals surface area (Å²) in [6.45, 7) is 2.07. The number of nitrogens with zero attached hydrogens (tertiary/aromatic N) is 1. The molecule has 1 heterocycles. The van der Waals surface area contributed by atoms with E-state index < -0.39 is 12.1 Å². The minimum Gasteiger partial charge on any atom is -0.450 e. The van der Waals surface area contributed by atoms with E-state index in [9.17, 15) is 14.9 Å². The number of ether oxygens (including phenoxy) is 1. The maximum absolute atomic E-state index is 13.2. The number of hydrogen-bond donors (Lipinski definition) is 0. The van der Waals surface area contributed by atoms with E-state index in [1.54, 1.807) is 12.1 Å². The van der Waals surface area contributed by atoms with Gasteiger partial charge in [0.1, 0.15) is 11.6 Å². The van der Waals surface area contributed by atoms with Crippen LogP contribution in [0.2, 0.25) is 0 Å². The smallest absolute Gasteiger partial charge is 0.350 e. The number of thiophene rings is 1. The minimum absolute atomic E-state index is 0.109. The molecule has 0 spiro atoms. The van der Waals surface area contributed by atoms with Crippen LogP contribution in [-0.2, 0) is 9.53 Å². The average molecular weight is 444 g/mol. The molecule has 0 radical (unpaired) electrons. The Bertz CT molecular complexity index is 1060. The van der Waals surface area contributed by atoms with Gasteiger partial charge in [-0.3, -0.25) is 4.79 Å². The highest BCUT2D eigenvalue weighted by Crippen LogP contribution is 2.28. The summed E-state index contributed by atoms with van der Waals surface area (Å²) in [5.74, 6) is -0.996. The fourth-order valence-electron chi connectivity index (χ4n) is 3.46. The number of rotatable bonds is 10. The largest absolute Gasteiger partial charge is 0.450 e. The Hall–Kier alpha value is -3.49. The molecule has 32 heavy (non-hydrogen) atoms. The molecule has 1 aromatic heterocycles. The zero-order valence-electron chi connectivity index (χ0n) is 18.0. The summed E-state index contributed by atoms with van der Waals surface area (Å²) >= 11 is 1.32. The lowest BCUT2D eigenvalue weighted by Gasteiger charge is -2.17. The summed E-state index contributed by atoms with van der Waals surface area (Å²) in [5, 5.41) is 11.8. The van der Waals surface area contributed by atoms with Gasteiger partial charge in [-0.05, 0) is 35.4 Å². The number of Topliss-reactive ketones (excluding diaryl/α,β-unsaturated/α-hetero) is 1. The Morgan fingerprint density at radius 2 is 1.56 bits per heavy atom. The highest BCUT2D eigenvalue weighted by Gasteiger charge is 2.28. The highest BCUT2D eigenvalue weighted by molar-refractivity contribution is 7.12. The van der Waals surface area contributed by atoms with Crippen LogP contribution in [0.15, 0.2) is 83.7 Å². The van der Waals surface area contributed by atoms with Gasteiger partial charge in [-0.25, -0.2) is 4.79 Å². The summed E-state index contributed by atoms with van der Waals surface area (Å²) < 4.78 is 5.70. The molecule has 5 heteroatoms. The summed E-state index contributed by atoms with van der Waals surface area (Å²) in [7, 11) is 0. The first-order valence-electron chi connectivity index (χ1n) is 10.7. The average Bonchev–Trinajstić information content (AvgIpc) is 3.37. The lowest BCUT2D eigenvalue weighted by molar-refractivity contribution is -0.142. The van der Waals surface area contributed by atoms with Gasteiger partial charge < -0.3 is 4.74 Å². The Kier molecular flexibility index (Phi) is 8.53. The third-order valence-electron chi connectivity index (χ3n) is 5.07. The quantitative estimate of drug-likeness (QED) is 0.119. The molecule has 0 fully saturated rings. The fourth-order valence-corrected chi connectivity index (χ4v) is 4.17. The van der Waals surface area contributed by atoms with E-state index >= 15 is 0 Å². The number of esters is 1. The van der Waals surface area contributed by atoms with E-state index in [4.69, 9.17) is 4.74 Å². The van der Waals surface area contributed by atoms with Crippen LogP contribution in [-0.4, -0.2) is 17.9 Å². The molecule has 1 atom stereocenters. The topological polar surface area (TPSA) is 67.2 Å². The zero-order valence-corrected chi connectivity index (χ0v) is 18.8. The number of unbranched alkanes of at least 4 members (excludes halogenated alkanes) is 2. The van der Waals surface area contributed by atoms with Crippen LogP contribution in [0.1, 0.15) is 53.4 Å². The Balaban J connectivity index is 1.98. The molecule has 3 aromatic rings. The van der Waals surface area contributed by atoms with Crippen LogP contribution in [0.25, 0.3) is 5.57 Å². The molecule has 0 aliphatic heterocycles. The van der Waals surface area contributed by atoms with Gasteiger partial charge in [0.05, 0.1) is 4.88 Å². The fraction of sp³-hybridized carbons (Fsp3) is 0.222. The van der Waals surface area contributed by atoms with Gasteiger partial charge in [-0.1, -0.05) is 86.5 Å². The van der Waals surface area contributed by atoms with Crippen LogP contribution in [0.3, 0.4) is 0 Å². The van der Waals surface area contributed by atoms with Crippen LogP contribution < -0.4 is 0 Å². The van der Waals surface area contributed by atoms with Crippen molar-refractivity contribution in [2.24, 2.45) is 0 Å². The van der Waals surface area contributed by atoms with E-state index in [0.717, 1.165) is 30.4 Å². The van der Waals surface area contributed by atoms with Crippen LogP contribution >= 0.6 is 11.3 Å². The molecule has 0 N–H and O–H groups in total. The summed E-state index contributed by atoms with van der Waals surface area (Å²) in [5.41, 5.74) is 1.86. The third-order valence-corrected chi connectivity index (χ3v) is 5.95. The molecule has 0 saturated carbocycles. The summed E-state index contributed by atoms with van der Waals surface area (Å²) in [6.07, 6.45) is 2.21. The summed E-state index contributed by atoms with van der Waals surface area (Å²) in [4.78, 5) is 26.8. The van der Waals surface area contributed by atoms with Gasteiger partial charge in [-0.15, -0.1) is 11.3 Å². The number of benzene rings is 2. The Labute approximate surface area is 192 Å². The predicted octanol–water partition coefficient (Wildman–Crippen LogP) is 6.45. The van der Waals surface area contributed by atoms with Crippen molar-refractivity contribution in [2.45, 2.75) is 38.7 Å². The first kappa shape index (κ1) is 23.2. The third kappa shape index (κ3) is 5.81. The Morgan fingerprint density at radius 3 is 2.06 bits per heavy atom.